The molecule has 8 heteroatoms. The van der Waals surface area contributed by atoms with Crippen LogP contribution in [-0.4, -0.2) is 61.1 Å². The van der Waals surface area contributed by atoms with E-state index in [-0.39, 0.29) is 24.8 Å². The molecule has 0 aromatic heterocycles. The molecular weight excluding hydrogens is 340 g/mol. The number of rotatable bonds is 5. The fourth-order valence-corrected chi connectivity index (χ4v) is 3.59. The molecule has 0 radical (unpaired) electrons. The molecule has 2 aliphatic rings. The SMILES string of the molecule is COc1cc(OC)cc(N2C[C@H](C(=O)N3CCC[C@H]3C(=O)O)CC2=O)c1. The van der Waals surface area contributed by atoms with Gasteiger partial charge in [-0.05, 0) is 12.8 Å². The molecule has 2 heterocycles. The number of carboxylic acid groups (broad SMARTS) is 1. The van der Waals surface area contributed by atoms with E-state index in [0.29, 0.717) is 36.6 Å². The minimum atomic E-state index is -0.991. The van der Waals surface area contributed by atoms with E-state index < -0.39 is 17.9 Å². The number of anilines is 1. The van der Waals surface area contributed by atoms with E-state index in [0.717, 1.165) is 0 Å². The number of hydrogen-bond acceptors (Lipinski definition) is 5. The Morgan fingerprint density at radius 2 is 1.81 bits per heavy atom. The Labute approximate surface area is 151 Å². The molecular formula is C18H22N2O6. The first-order valence-corrected chi connectivity index (χ1v) is 8.51. The molecule has 2 aliphatic heterocycles. The van der Waals surface area contributed by atoms with Crippen LogP contribution in [0.3, 0.4) is 0 Å². The topological polar surface area (TPSA) is 96.4 Å². The first-order chi connectivity index (χ1) is 12.4. The Bertz CT molecular complexity index is 712. The molecule has 0 unspecified atom stereocenters. The summed E-state index contributed by atoms with van der Waals surface area (Å²) in [7, 11) is 3.05. The van der Waals surface area contributed by atoms with Crippen molar-refractivity contribution in [2.75, 3.05) is 32.2 Å². The van der Waals surface area contributed by atoms with Gasteiger partial charge in [0, 0.05) is 37.7 Å². The third kappa shape index (κ3) is 3.31. The van der Waals surface area contributed by atoms with Crippen molar-refractivity contribution in [2.24, 2.45) is 5.92 Å². The second kappa shape index (κ2) is 7.23. The van der Waals surface area contributed by atoms with Crippen LogP contribution in [0.25, 0.3) is 0 Å². The lowest BCUT2D eigenvalue weighted by molar-refractivity contribution is -0.149. The largest absolute Gasteiger partial charge is 0.497 e. The number of amides is 2. The molecule has 0 bridgehead atoms. The highest BCUT2D eigenvalue weighted by Crippen LogP contribution is 2.33. The van der Waals surface area contributed by atoms with Crippen molar-refractivity contribution >= 4 is 23.5 Å². The molecule has 2 saturated heterocycles. The number of likely N-dealkylation sites (tertiary alicyclic amines) is 1. The average molecular weight is 362 g/mol. The van der Waals surface area contributed by atoms with Crippen LogP contribution < -0.4 is 14.4 Å². The van der Waals surface area contributed by atoms with Crippen LogP contribution in [0.5, 0.6) is 11.5 Å². The van der Waals surface area contributed by atoms with Gasteiger partial charge in [0.15, 0.2) is 0 Å². The minimum absolute atomic E-state index is 0.0706. The maximum absolute atomic E-state index is 12.8. The zero-order valence-corrected chi connectivity index (χ0v) is 14.8. The van der Waals surface area contributed by atoms with Gasteiger partial charge in [-0.15, -0.1) is 0 Å². The zero-order valence-electron chi connectivity index (χ0n) is 14.8. The van der Waals surface area contributed by atoms with Crippen LogP contribution in [0, 0.1) is 5.92 Å². The van der Waals surface area contributed by atoms with Crippen molar-refractivity contribution < 1.29 is 29.0 Å². The van der Waals surface area contributed by atoms with Crippen LogP contribution in [-0.2, 0) is 14.4 Å². The fraction of sp³-hybridized carbons (Fsp3) is 0.500. The Morgan fingerprint density at radius 1 is 1.15 bits per heavy atom. The van der Waals surface area contributed by atoms with E-state index in [9.17, 15) is 19.5 Å². The van der Waals surface area contributed by atoms with Gasteiger partial charge in [-0.3, -0.25) is 9.59 Å². The molecule has 8 nitrogen and oxygen atoms in total. The summed E-state index contributed by atoms with van der Waals surface area (Å²) in [5.74, 6) is -0.876. The summed E-state index contributed by atoms with van der Waals surface area (Å²) < 4.78 is 10.5. The number of aliphatic carboxylic acids is 1. The van der Waals surface area contributed by atoms with Gasteiger partial charge in [-0.1, -0.05) is 0 Å². The number of hydrogen-bond donors (Lipinski definition) is 1. The number of benzene rings is 1. The average Bonchev–Trinajstić information content (AvgIpc) is 3.27. The van der Waals surface area contributed by atoms with Gasteiger partial charge in [0.25, 0.3) is 0 Å². The summed E-state index contributed by atoms with van der Waals surface area (Å²) in [6.45, 7) is 0.643. The van der Waals surface area contributed by atoms with E-state index >= 15 is 0 Å². The second-order valence-electron chi connectivity index (χ2n) is 6.50. The molecule has 2 atom stereocenters. The van der Waals surface area contributed by atoms with Gasteiger partial charge in [0.05, 0.1) is 25.8 Å². The Kier molecular flexibility index (Phi) is 5.01. The number of carbonyl (C=O) groups is 3. The zero-order chi connectivity index (χ0) is 18.8. The predicted molar refractivity (Wildman–Crippen MR) is 92.4 cm³/mol. The number of carbonyl (C=O) groups excluding carboxylic acids is 2. The summed E-state index contributed by atoms with van der Waals surface area (Å²) in [4.78, 5) is 39.5. The van der Waals surface area contributed by atoms with Crippen LogP contribution in [0.1, 0.15) is 19.3 Å². The lowest BCUT2D eigenvalue weighted by atomic mass is 10.1. The molecule has 2 fully saturated rings. The molecule has 0 saturated carbocycles. The Hall–Kier alpha value is -2.77. The summed E-state index contributed by atoms with van der Waals surface area (Å²) in [6.07, 6.45) is 1.19. The van der Waals surface area contributed by atoms with Crippen LogP contribution >= 0.6 is 0 Å². The fourth-order valence-electron chi connectivity index (χ4n) is 3.59. The summed E-state index contributed by atoms with van der Waals surface area (Å²) in [5.41, 5.74) is 0.595. The highest BCUT2D eigenvalue weighted by atomic mass is 16.5. The maximum Gasteiger partial charge on any atom is 0.326 e. The quantitative estimate of drug-likeness (QED) is 0.844. The molecule has 26 heavy (non-hydrogen) atoms. The standard InChI is InChI=1S/C18H22N2O6/c1-25-13-7-12(8-14(9-13)26-2)20-10-11(6-16(20)21)17(22)19-5-3-4-15(19)18(23)24/h7-9,11,15H,3-6,10H2,1-2H3,(H,23,24)/t11-,15+/m1/s1. The number of ether oxygens (including phenoxy) is 2. The van der Waals surface area contributed by atoms with Gasteiger partial charge in [0.2, 0.25) is 11.8 Å². The number of carboxylic acids is 1. The second-order valence-corrected chi connectivity index (χ2v) is 6.50. The molecule has 1 aromatic carbocycles. The van der Waals surface area contributed by atoms with Gasteiger partial charge in [-0.25, -0.2) is 4.79 Å². The lowest BCUT2D eigenvalue weighted by Crippen LogP contribution is -2.44. The third-order valence-corrected chi connectivity index (χ3v) is 4.94. The Morgan fingerprint density at radius 3 is 2.38 bits per heavy atom. The predicted octanol–water partition coefficient (Wildman–Crippen LogP) is 1.13. The molecule has 1 N–H and O–H groups in total. The molecule has 2 amide bonds. The number of methoxy groups -OCH3 is 2. The van der Waals surface area contributed by atoms with Crippen molar-refractivity contribution in [3.05, 3.63) is 18.2 Å². The minimum Gasteiger partial charge on any atom is -0.497 e. The highest BCUT2D eigenvalue weighted by molar-refractivity contribution is 6.01. The normalized spacial score (nSPS) is 22.6. The Balaban J connectivity index is 1.78. The van der Waals surface area contributed by atoms with Gasteiger partial charge < -0.3 is 24.4 Å². The maximum atomic E-state index is 12.8. The van der Waals surface area contributed by atoms with E-state index in [4.69, 9.17) is 9.47 Å². The van der Waals surface area contributed by atoms with Crippen molar-refractivity contribution in [3.63, 3.8) is 0 Å². The first-order valence-electron chi connectivity index (χ1n) is 8.51. The monoisotopic (exact) mass is 362 g/mol. The van der Waals surface area contributed by atoms with Crippen molar-refractivity contribution in [1.29, 1.82) is 0 Å². The molecule has 140 valence electrons. The van der Waals surface area contributed by atoms with Crippen LogP contribution in [0.2, 0.25) is 0 Å². The van der Waals surface area contributed by atoms with E-state index in [1.807, 2.05) is 0 Å². The van der Waals surface area contributed by atoms with Crippen molar-refractivity contribution in [1.82, 2.24) is 4.90 Å². The molecule has 0 aliphatic carbocycles. The van der Waals surface area contributed by atoms with Crippen LogP contribution in [0.4, 0.5) is 5.69 Å². The van der Waals surface area contributed by atoms with Gasteiger partial charge >= 0.3 is 5.97 Å². The molecule has 3 rings (SSSR count). The third-order valence-electron chi connectivity index (χ3n) is 4.94. The summed E-state index contributed by atoms with van der Waals surface area (Å²) in [5, 5.41) is 9.27. The van der Waals surface area contributed by atoms with E-state index in [1.165, 1.54) is 24.0 Å². The summed E-state index contributed by atoms with van der Waals surface area (Å²) >= 11 is 0. The highest BCUT2D eigenvalue weighted by Gasteiger charge is 2.42. The van der Waals surface area contributed by atoms with Crippen molar-refractivity contribution in [3.8, 4) is 11.5 Å². The lowest BCUT2D eigenvalue weighted by Gasteiger charge is -2.24. The molecule has 1 aromatic rings. The van der Waals surface area contributed by atoms with Gasteiger partial charge in [0.1, 0.15) is 17.5 Å². The molecule has 0 spiro atoms. The van der Waals surface area contributed by atoms with E-state index in [2.05, 4.69) is 0 Å². The smallest absolute Gasteiger partial charge is 0.326 e. The number of nitrogens with zero attached hydrogens (tertiary/aromatic N) is 2. The van der Waals surface area contributed by atoms with E-state index in [1.54, 1.807) is 18.2 Å². The van der Waals surface area contributed by atoms with Gasteiger partial charge in [-0.2, -0.15) is 0 Å². The first kappa shape index (κ1) is 18.0. The summed E-state index contributed by atoms with van der Waals surface area (Å²) in [6, 6.07) is 4.34. The van der Waals surface area contributed by atoms with Crippen molar-refractivity contribution in [2.45, 2.75) is 25.3 Å². The van der Waals surface area contributed by atoms with Crippen LogP contribution in [0.15, 0.2) is 18.2 Å².